The van der Waals surface area contributed by atoms with Gasteiger partial charge in [0, 0.05) is 6.07 Å². The SMILES string of the molecule is CC(N)c1nc(Cc2ccon2)no1.Cl. The van der Waals surface area contributed by atoms with E-state index in [0.29, 0.717) is 18.1 Å². The van der Waals surface area contributed by atoms with Gasteiger partial charge in [-0.05, 0) is 6.92 Å². The predicted molar refractivity (Wildman–Crippen MR) is 53.5 cm³/mol. The lowest BCUT2D eigenvalue weighted by Crippen LogP contribution is -2.05. The maximum Gasteiger partial charge on any atom is 0.243 e. The third-order valence-electron chi connectivity index (χ3n) is 1.70. The van der Waals surface area contributed by atoms with Gasteiger partial charge in [0.05, 0.1) is 18.2 Å². The maximum atomic E-state index is 5.57. The van der Waals surface area contributed by atoms with Crippen LogP contribution in [0.2, 0.25) is 0 Å². The van der Waals surface area contributed by atoms with E-state index in [-0.39, 0.29) is 18.4 Å². The lowest BCUT2D eigenvalue weighted by molar-refractivity contribution is 0.357. The van der Waals surface area contributed by atoms with Crippen LogP contribution >= 0.6 is 12.4 Å². The molecule has 0 radical (unpaired) electrons. The molecule has 2 N–H and O–H groups in total. The fraction of sp³-hybridized carbons (Fsp3) is 0.375. The highest BCUT2D eigenvalue weighted by Gasteiger charge is 2.11. The van der Waals surface area contributed by atoms with Gasteiger partial charge < -0.3 is 14.8 Å². The minimum Gasteiger partial charge on any atom is -0.364 e. The molecule has 2 aromatic heterocycles. The van der Waals surface area contributed by atoms with Gasteiger partial charge in [0.2, 0.25) is 5.89 Å². The smallest absolute Gasteiger partial charge is 0.243 e. The van der Waals surface area contributed by atoms with Gasteiger partial charge in [0.1, 0.15) is 6.26 Å². The normalized spacial score (nSPS) is 12.1. The van der Waals surface area contributed by atoms with Crippen LogP contribution in [-0.2, 0) is 6.42 Å². The minimum atomic E-state index is -0.242. The Morgan fingerprint density at radius 2 is 2.27 bits per heavy atom. The Balaban J connectivity index is 0.00000112. The summed E-state index contributed by atoms with van der Waals surface area (Å²) >= 11 is 0. The summed E-state index contributed by atoms with van der Waals surface area (Å²) in [6, 6.07) is 1.51. The summed E-state index contributed by atoms with van der Waals surface area (Å²) in [5.74, 6) is 0.995. The first-order valence-electron chi connectivity index (χ1n) is 4.23. The van der Waals surface area contributed by atoms with Gasteiger partial charge in [0.15, 0.2) is 5.82 Å². The molecule has 82 valence electrons. The summed E-state index contributed by atoms with van der Waals surface area (Å²) in [5, 5.41) is 7.50. The molecule has 0 aliphatic rings. The lowest BCUT2D eigenvalue weighted by atomic mass is 10.3. The van der Waals surface area contributed by atoms with E-state index in [1.54, 1.807) is 13.0 Å². The molecule has 0 spiro atoms. The summed E-state index contributed by atoms with van der Waals surface area (Å²) in [6.45, 7) is 1.79. The number of nitrogens with two attached hydrogens (primary N) is 1. The molecule has 0 saturated carbocycles. The van der Waals surface area contributed by atoms with Crippen LogP contribution < -0.4 is 5.73 Å². The first kappa shape index (κ1) is 11.7. The Morgan fingerprint density at radius 3 is 2.80 bits per heavy atom. The van der Waals surface area contributed by atoms with Crippen LogP contribution in [0.5, 0.6) is 0 Å². The van der Waals surface area contributed by atoms with E-state index in [4.69, 9.17) is 10.3 Å². The zero-order valence-electron chi connectivity index (χ0n) is 8.08. The van der Waals surface area contributed by atoms with Crippen molar-refractivity contribution in [2.24, 2.45) is 5.73 Å². The molecule has 0 aliphatic heterocycles. The molecule has 0 saturated heterocycles. The standard InChI is InChI=1S/C8H10N4O2.ClH/c1-5(9)8-10-7(12-14-8)4-6-2-3-13-11-6;/h2-3,5H,4,9H2,1H3;1H. The number of hydrogen-bond acceptors (Lipinski definition) is 6. The minimum absolute atomic E-state index is 0. The van der Waals surface area contributed by atoms with Crippen LogP contribution in [0.1, 0.15) is 30.4 Å². The van der Waals surface area contributed by atoms with E-state index in [2.05, 4.69) is 19.8 Å². The zero-order valence-corrected chi connectivity index (χ0v) is 8.90. The largest absolute Gasteiger partial charge is 0.364 e. The van der Waals surface area contributed by atoms with Gasteiger partial charge in [-0.1, -0.05) is 10.3 Å². The van der Waals surface area contributed by atoms with E-state index >= 15 is 0 Å². The summed E-state index contributed by atoms with van der Waals surface area (Å²) in [7, 11) is 0. The second kappa shape index (κ2) is 4.90. The first-order chi connectivity index (χ1) is 6.75. The van der Waals surface area contributed by atoms with Gasteiger partial charge in [0.25, 0.3) is 0 Å². The van der Waals surface area contributed by atoms with Crippen molar-refractivity contribution in [1.82, 2.24) is 15.3 Å². The van der Waals surface area contributed by atoms with Gasteiger partial charge in [-0.15, -0.1) is 12.4 Å². The first-order valence-corrected chi connectivity index (χ1v) is 4.23. The third kappa shape index (κ3) is 2.77. The topological polar surface area (TPSA) is 91.0 Å². The van der Waals surface area contributed by atoms with E-state index in [0.717, 1.165) is 5.69 Å². The molecule has 0 aromatic carbocycles. The van der Waals surface area contributed by atoms with Crippen molar-refractivity contribution in [2.75, 3.05) is 0 Å². The molecule has 1 atom stereocenters. The summed E-state index contributed by atoms with van der Waals surface area (Å²) in [4.78, 5) is 4.10. The molecule has 2 aromatic rings. The molecular formula is C8H11ClN4O2. The van der Waals surface area contributed by atoms with Gasteiger partial charge in [-0.2, -0.15) is 4.98 Å². The lowest BCUT2D eigenvalue weighted by Gasteiger charge is -1.92. The Kier molecular flexibility index (Phi) is 3.81. The molecule has 15 heavy (non-hydrogen) atoms. The molecule has 0 aliphatic carbocycles. The third-order valence-corrected chi connectivity index (χ3v) is 1.70. The maximum absolute atomic E-state index is 5.57. The molecule has 2 rings (SSSR count). The van der Waals surface area contributed by atoms with Crippen LogP contribution in [-0.4, -0.2) is 15.3 Å². The fourth-order valence-corrected chi connectivity index (χ4v) is 1.01. The molecule has 0 bridgehead atoms. The van der Waals surface area contributed by atoms with Gasteiger partial charge >= 0.3 is 0 Å². The second-order valence-electron chi connectivity index (χ2n) is 3.01. The molecule has 6 nitrogen and oxygen atoms in total. The Hall–Kier alpha value is -1.40. The van der Waals surface area contributed by atoms with Crippen LogP contribution in [0.25, 0.3) is 0 Å². The molecule has 2 heterocycles. The predicted octanol–water partition coefficient (Wildman–Crippen LogP) is 1.09. The Labute approximate surface area is 92.2 Å². The number of halogens is 1. The van der Waals surface area contributed by atoms with Crippen molar-refractivity contribution < 1.29 is 9.05 Å². The highest BCUT2D eigenvalue weighted by Crippen LogP contribution is 2.08. The van der Waals surface area contributed by atoms with E-state index in [9.17, 15) is 0 Å². The molecule has 1 unspecified atom stereocenters. The van der Waals surface area contributed by atoms with Crippen molar-refractivity contribution in [1.29, 1.82) is 0 Å². The van der Waals surface area contributed by atoms with Crippen LogP contribution in [0.3, 0.4) is 0 Å². The van der Waals surface area contributed by atoms with E-state index < -0.39 is 0 Å². The number of aromatic nitrogens is 3. The fourth-order valence-electron chi connectivity index (χ4n) is 1.01. The zero-order chi connectivity index (χ0) is 9.97. The summed E-state index contributed by atoms with van der Waals surface area (Å²) in [6.07, 6.45) is 1.99. The van der Waals surface area contributed by atoms with Crippen molar-refractivity contribution in [3.05, 3.63) is 29.7 Å². The van der Waals surface area contributed by atoms with Gasteiger partial charge in [-0.25, -0.2) is 0 Å². The summed E-state index contributed by atoms with van der Waals surface area (Å²) < 4.78 is 9.61. The highest BCUT2D eigenvalue weighted by molar-refractivity contribution is 5.85. The average molecular weight is 231 g/mol. The molecule has 0 fully saturated rings. The second-order valence-corrected chi connectivity index (χ2v) is 3.01. The van der Waals surface area contributed by atoms with Gasteiger partial charge in [-0.3, -0.25) is 0 Å². The van der Waals surface area contributed by atoms with Crippen LogP contribution in [0.15, 0.2) is 21.4 Å². The van der Waals surface area contributed by atoms with Crippen LogP contribution in [0.4, 0.5) is 0 Å². The Bertz CT molecular complexity index is 398. The number of hydrogen-bond donors (Lipinski definition) is 1. The Morgan fingerprint density at radius 1 is 1.47 bits per heavy atom. The molecule has 0 amide bonds. The average Bonchev–Trinajstić information content (AvgIpc) is 2.75. The van der Waals surface area contributed by atoms with E-state index in [1.807, 2.05) is 0 Å². The molecular weight excluding hydrogens is 220 g/mol. The van der Waals surface area contributed by atoms with Crippen molar-refractivity contribution >= 4 is 12.4 Å². The van der Waals surface area contributed by atoms with Crippen molar-refractivity contribution in [3.8, 4) is 0 Å². The number of rotatable bonds is 3. The van der Waals surface area contributed by atoms with Crippen molar-refractivity contribution in [2.45, 2.75) is 19.4 Å². The monoisotopic (exact) mass is 230 g/mol. The molecule has 7 heteroatoms. The summed E-state index contributed by atoms with van der Waals surface area (Å²) in [5.41, 5.74) is 6.34. The highest BCUT2D eigenvalue weighted by atomic mass is 35.5. The quantitative estimate of drug-likeness (QED) is 0.849. The van der Waals surface area contributed by atoms with Crippen LogP contribution in [0, 0.1) is 0 Å². The van der Waals surface area contributed by atoms with Crippen molar-refractivity contribution in [3.63, 3.8) is 0 Å². The number of nitrogens with zero attached hydrogens (tertiary/aromatic N) is 3. The van der Waals surface area contributed by atoms with E-state index in [1.165, 1.54) is 6.26 Å².